The summed E-state index contributed by atoms with van der Waals surface area (Å²) in [6.07, 6.45) is -0.211. The average Bonchev–Trinajstić information content (AvgIpc) is 2.47. The molecular weight excluding hydrogens is 254 g/mol. The molecule has 0 spiro atoms. The SMILES string of the molecule is CCN1CCOC(C(=O)c2ccc(OC(C)C)cc2)C1. The summed E-state index contributed by atoms with van der Waals surface area (Å²) in [7, 11) is 0. The van der Waals surface area contributed by atoms with Gasteiger partial charge in [0.25, 0.3) is 0 Å². The molecule has 1 saturated heterocycles. The molecule has 0 bridgehead atoms. The highest BCUT2D eigenvalue weighted by atomic mass is 16.5. The third-order valence-corrected chi connectivity index (χ3v) is 3.40. The van der Waals surface area contributed by atoms with E-state index in [9.17, 15) is 4.79 Å². The second-order valence-corrected chi connectivity index (χ2v) is 5.31. The van der Waals surface area contributed by atoms with Crippen LogP contribution in [-0.2, 0) is 4.74 Å². The van der Waals surface area contributed by atoms with Gasteiger partial charge in [0.15, 0.2) is 5.78 Å². The summed E-state index contributed by atoms with van der Waals surface area (Å²) in [5.74, 6) is 0.843. The van der Waals surface area contributed by atoms with E-state index in [1.165, 1.54) is 0 Å². The van der Waals surface area contributed by atoms with Crippen molar-refractivity contribution in [3.63, 3.8) is 0 Å². The summed E-state index contributed by atoms with van der Waals surface area (Å²) in [6.45, 7) is 9.22. The molecule has 2 rings (SSSR count). The standard InChI is InChI=1S/C16H23NO3/c1-4-17-9-10-19-15(11-17)16(18)13-5-7-14(8-6-13)20-12(2)3/h5-8,12,15H,4,9-11H2,1-3H3. The van der Waals surface area contributed by atoms with Crippen molar-refractivity contribution in [2.45, 2.75) is 33.0 Å². The molecule has 0 radical (unpaired) electrons. The van der Waals surface area contributed by atoms with Gasteiger partial charge in [-0.3, -0.25) is 9.69 Å². The first kappa shape index (κ1) is 15.0. The molecule has 0 aliphatic carbocycles. The number of nitrogens with zero attached hydrogens (tertiary/aromatic N) is 1. The van der Waals surface area contributed by atoms with Gasteiger partial charge in [-0.15, -0.1) is 0 Å². The second kappa shape index (κ2) is 6.86. The molecule has 0 saturated carbocycles. The van der Waals surface area contributed by atoms with Crippen LogP contribution in [0.4, 0.5) is 0 Å². The molecular formula is C16H23NO3. The minimum Gasteiger partial charge on any atom is -0.491 e. The summed E-state index contributed by atoms with van der Waals surface area (Å²) in [5.41, 5.74) is 0.684. The van der Waals surface area contributed by atoms with Gasteiger partial charge in [-0.2, -0.15) is 0 Å². The number of benzene rings is 1. The smallest absolute Gasteiger partial charge is 0.192 e. The van der Waals surface area contributed by atoms with E-state index in [0.717, 1.165) is 18.8 Å². The van der Waals surface area contributed by atoms with Crippen molar-refractivity contribution in [1.82, 2.24) is 4.90 Å². The van der Waals surface area contributed by atoms with Crippen molar-refractivity contribution in [3.8, 4) is 5.75 Å². The Kier molecular flexibility index (Phi) is 5.15. The molecule has 1 atom stereocenters. The Morgan fingerprint density at radius 3 is 2.70 bits per heavy atom. The van der Waals surface area contributed by atoms with Crippen LogP contribution in [0, 0.1) is 0 Å². The quantitative estimate of drug-likeness (QED) is 0.775. The van der Waals surface area contributed by atoms with Crippen LogP contribution in [0.1, 0.15) is 31.1 Å². The van der Waals surface area contributed by atoms with Gasteiger partial charge in [-0.1, -0.05) is 6.92 Å². The lowest BCUT2D eigenvalue weighted by Crippen LogP contribution is -2.45. The van der Waals surface area contributed by atoms with Crippen LogP contribution < -0.4 is 4.74 Å². The molecule has 1 aromatic rings. The molecule has 0 amide bonds. The van der Waals surface area contributed by atoms with E-state index in [2.05, 4.69) is 11.8 Å². The number of rotatable bonds is 5. The van der Waals surface area contributed by atoms with Crippen molar-refractivity contribution in [1.29, 1.82) is 0 Å². The zero-order chi connectivity index (χ0) is 14.5. The number of carbonyl (C=O) groups is 1. The first-order valence-corrected chi connectivity index (χ1v) is 7.25. The van der Waals surface area contributed by atoms with Crippen LogP contribution in [0.5, 0.6) is 5.75 Å². The Hall–Kier alpha value is -1.39. The monoisotopic (exact) mass is 277 g/mol. The fourth-order valence-electron chi connectivity index (χ4n) is 2.30. The molecule has 20 heavy (non-hydrogen) atoms. The van der Waals surface area contributed by atoms with Crippen LogP contribution in [0.25, 0.3) is 0 Å². The number of morpholine rings is 1. The van der Waals surface area contributed by atoms with E-state index < -0.39 is 0 Å². The van der Waals surface area contributed by atoms with Crippen LogP contribution >= 0.6 is 0 Å². The molecule has 0 N–H and O–H groups in total. The molecule has 4 heteroatoms. The number of likely N-dealkylation sites (N-methyl/N-ethyl adjacent to an activating group) is 1. The lowest BCUT2D eigenvalue weighted by molar-refractivity contribution is -0.0148. The summed E-state index contributed by atoms with van der Waals surface area (Å²) in [6, 6.07) is 7.31. The zero-order valence-electron chi connectivity index (χ0n) is 12.5. The fraction of sp³-hybridized carbons (Fsp3) is 0.562. The van der Waals surface area contributed by atoms with Gasteiger partial charge >= 0.3 is 0 Å². The maximum absolute atomic E-state index is 12.4. The molecule has 1 aliphatic rings. The lowest BCUT2D eigenvalue weighted by atomic mass is 10.0. The number of hydrogen-bond acceptors (Lipinski definition) is 4. The predicted octanol–water partition coefficient (Wildman–Crippen LogP) is 2.38. The van der Waals surface area contributed by atoms with Gasteiger partial charge in [-0.05, 0) is 44.7 Å². The van der Waals surface area contributed by atoms with Crippen molar-refractivity contribution in [2.75, 3.05) is 26.2 Å². The molecule has 4 nitrogen and oxygen atoms in total. The summed E-state index contributed by atoms with van der Waals surface area (Å²) < 4.78 is 11.2. The third kappa shape index (κ3) is 3.81. The minimum atomic E-state index is -0.347. The lowest BCUT2D eigenvalue weighted by Gasteiger charge is -2.31. The van der Waals surface area contributed by atoms with Crippen molar-refractivity contribution in [3.05, 3.63) is 29.8 Å². The van der Waals surface area contributed by atoms with Gasteiger partial charge in [0.2, 0.25) is 0 Å². The van der Waals surface area contributed by atoms with Crippen LogP contribution in [0.2, 0.25) is 0 Å². The molecule has 0 aromatic heterocycles. The molecule has 1 unspecified atom stereocenters. The third-order valence-electron chi connectivity index (χ3n) is 3.40. The molecule has 110 valence electrons. The van der Waals surface area contributed by atoms with Crippen LogP contribution in [-0.4, -0.2) is 49.1 Å². The van der Waals surface area contributed by atoms with Crippen molar-refractivity contribution < 1.29 is 14.3 Å². The first-order valence-electron chi connectivity index (χ1n) is 7.25. The normalized spacial score (nSPS) is 20.1. The summed E-state index contributed by atoms with van der Waals surface area (Å²) in [4.78, 5) is 14.6. The number of ketones is 1. The van der Waals surface area contributed by atoms with Crippen molar-refractivity contribution in [2.24, 2.45) is 0 Å². The van der Waals surface area contributed by atoms with Crippen LogP contribution in [0.15, 0.2) is 24.3 Å². The van der Waals surface area contributed by atoms with E-state index in [1.807, 2.05) is 38.1 Å². The first-order chi connectivity index (χ1) is 9.60. The van der Waals surface area contributed by atoms with E-state index in [1.54, 1.807) is 0 Å². The topological polar surface area (TPSA) is 38.8 Å². The highest BCUT2D eigenvalue weighted by Gasteiger charge is 2.26. The largest absolute Gasteiger partial charge is 0.491 e. The van der Waals surface area contributed by atoms with E-state index in [0.29, 0.717) is 18.7 Å². The Morgan fingerprint density at radius 1 is 1.40 bits per heavy atom. The van der Waals surface area contributed by atoms with Gasteiger partial charge < -0.3 is 9.47 Å². The Morgan fingerprint density at radius 2 is 2.10 bits per heavy atom. The predicted molar refractivity (Wildman–Crippen MR) is 78.4 cm³/mol. The summed E-state index contributed by atoms with van der Waals surface area (Å²) in [5, 5.41) is 0. The van der Waals surface area contributed by atoms with Crippen LogP contribution in [0.3, 0.4) is 0 Å². The minimum absolute atomic E-state index is 0.0549. The highest BCUT2D eigenvalue weighted by Crippen LogP contribution is 2.17. The molecule has 1 aliphatic heterocycles. The second-order valence-electron chi connectivity index (χ2n) is 5.31. The molecule has 1 aromatic carbocycles. The fourth-order valence-corrected chi connectivity index (χ4v) is 2.30. The Bertz CT molecular complexity index is 442. The van der Waals surface area contributed by atoms with Gasteiger partial charge in [0.05, 0.1) is 12.7 Å². The highest BCUT2D eigenvalue weighted by molar-refractivity contribution is 5.99. The van der Waals surface area contributed by atoms with Crippen molar-refractivity contribution >= 4 is 5.78 Å². The maximum Gasteiger partial charge on any atom is 0.192 e. The van der Waals surface area contributed by atoms with E-state index in [-0.39, 0.29) is 18.0 Å². The van der Waals surface area contributed by atoms with Gasteiger partial charge in [-0.25, -0.2) is 0 Å². The number of hydrogen-bond donors (Lipinski definition) is 0. The Balaban J connectivity index is 2.01. The summed E-state index contributed by atoms with van der Waals surface area (Å²) >= 11 is 0. The molecule has 1 heterocycles. The number of ether oxygens (including phenoxy) is 2. The van der Waals surface area contributed by atoms with Gasteiger partial charge in [0.1, 0.15) is 11.9 Å². The molecule has 1 fully saturated rings. The van der Waals surface area contributed by atoms with Gasteiger partial charge in [0, 0.05) is 18.7 Å². The Labute approximate surface area is 120 Å². The average molecular weight is 277 g/mol. The maximum atomic E-state index is 12.4. The number of carbonyl (C=O) groups excluding carboxylic acids is 1. The van der Waals surface area contributed by atoms with E-state index >= 15 is 0 Å². The zero-order valence-corrected chi connectivity index (χ0v) is 12.5. The van der Waals surface area contributed by atoms with E-state index in [4.69, 9.17) is 9.47 Å². The number of Topliss-reactive ketones (excluding diaryl/α,β-unsaturated/α-hetero) is 1.